The molecule has 0 bridgehead atoms. The summed E-state index contributed by atoms with van der Waals surface area (Å²) in [6, 6.07) is 8.66. The number of carbonyl (C=O) groups is 1. The number of ether oxygens (including phenoxy) is 4. The van der Waals surface area contributed by atoms with Crippen LogP contribution in [0.3, 0.4) is 0 Å². The Morgan fingerprint density at radius 3 is 2.67 bits per heavy atom. The van der Waals surface area contributed by atoms with Gasteiger partial charge in [-0.15, -0.1) is 0 Å². The highest BCUT2D eigenvalue weighted by molar-refractivity contribution is 5.89. The van der Waals surface area contributed by atoms with Crippen molar-refractivity contribution in [3.05, 3.63) is 35.9 Å². The third-order valence-corrected chi connectivity index (χ3v) is 3.50. The molecule has 2 aliphatic rings. The smallest absolute Gasteiger partial charge is 0.338 e. The van der Waals surface area contributed by atoms with E-state index in [0.29, 0.717) is 5.56 Å². The van der Waals surface area contributed by atoms with Gasteiger partial charge in [-0.25, -0.2) is 4.79 Å². The summed E-state index contributed by atoms with van der Waals surface area (Å²) in [6.45, 7) is 3.46. The quantitative estimate of drug-likeness (QED) is 0.841. The van der Waals surface area contributed by atoms with Gasteiger partial charge in [-0.2, -0.15) is 0 Å². The SMILES string of the molecule is CC1(C)OC2OC(COC(=O)c3ccccc3)C(O)C2O1. The van der Waals surface area contributed by atoms with Gasteiger partial charge >= 0.3 is 5.97 Å². The van der Waals surface area contributed by atoms with Gasteiger partial charge in [0.15, 0.2) is 12.1 Å². The van der Waals surface area contributed by atoms with Crippen LogP contribution in [0.1, 0.15) is 24.2 Å². The predicted molar refractivity (Wildman–Crippen MR) is 71.4 cm³/mol. The minimum Gasteiger partial charge on any atom is -0.459 e. The number of carbonyl (C=O) groups excluding carboxylic acids is 1. The molecule has 6 heteroatoms. The van der Waals surface area contributed by atoms with Crippen molar-refractivity contribution in [3.63, 3.8) is 0 Å². The standard InChI is InChI=1S/C15H18O6/c1-15(2)20-12-11(16)10(19-14(12)21-15)8-18-13(17)9-6-4-3-5-7-9/h3-7,10-12,14,16H,8H2,1-2H3. The molecule has 2 fully saturated rings. The van der Waals surface area contributed by atoms with E-state index in [9.17, 15) is 9.90 Å². The number of esters is 1. The molecule has 1 aromatic rings. The van der Waals surface area contributed by atoms with Gasteiger partial charge in [-0.05, 0) is 26.0 Å². The van der Waals surface area contributed by atoms with Crippen LogP contribution >= 0.6 is 0 Å². The van der Waals surface area contributed by atoms with E-state index < -0.39 is 36.4 Å². The van der Waals surface area contributed by atoms with Gasteiger partial charge in [-0.1, -0.05) is 18.2 Å². The van der Waals surface area contributed by atoms with Crippen molar-refractivity contribution in [3.8, 4) is 0 Å². The number of hydrogen-bond donors (Lipinski definition) is 1. The van der Waals surface area contributed by atoms with Gasteiger partial charge < -0.3 is 24.1 Å². The van der Waals surface area contributed by atoms with E-state index in [1.807, 2.05) is 6.07 Å². The Hall–Kier alpha value is -1.47. The van der Waals surface area contributed by atoms with Crippen LogP contribution in [0.4, 0.5) is 0 Å². The minimum atomic E-state index is -0.889. The maximum Gasteiger partial charge on any atom is 0.338 e. The Kier molecular flexibility index (Phi) is 3.71. The molecule has 0 radical (unpaired) electrons. The van der Waals surface area contributed by atoms with Crippen LogP contribution in [0.25, 0.3) is 0 Å². The van der Waals surface area contributed by atoms with Crippen molar-refractivity contribution in [2.24, 2.45) is 0 Å². The summed E-state index contributed by atoms with van der Waals surface area (Å²) in [4.78, 5) is 11.8. The Bertz CT molecular complexity index is 514. The van der Waals surface area contributed by atoms with Crippen LogP contribution in [0, 0.1) is 0 Å². The molecule has 2 saturated heterocycles. The fraction of sp³-hybridized carbons (Fsp3) is 0.533. The Labute approximate surface area is 122 Å². The van der Waals surface area contributed by atoms with Crippen molar-refractivity contribution in [2.75, 3.05) is 6.61 Å². The van der Waals surface area contributed by atoms with E-state index >= 15 is 0 Å². The van der Waals surface area contributed by atoms with Crippen LogP contribution in [-0.2, 0) is 18.9 Å². The molecule has 0 aromatic heterocycles. The van der Waals surface area contributed by atoms with Crippen LogP contribution in [0.15, 0.2) is 30.3 Å². The number of aliphatic hydroxyl groups excluding tert-OH is 1. The molecule has 0 aliphatic carbocycles. The Morgan fingerprint density at radius 2 is 2.00 bits per heavy atom. The van der Waals surface area contributed by atoms with E-state index in [-0.39, 0.29) is 6.61 Å². The second kappa shape index (κ2) is 5.38. The number of hydrogen-bond acceptors (Lipinski definition) is 6. The van der Waals surface area contributed by atoms with Gasteiger partial charge in [0.1, 0.15) is 24.9 Å². The summed E-state index contributed by atoms with van der Waals surface area (Å²) >= 11 is 0. The molecule has 4 unspecified atom stereocenters. The highest BCUT2D eigenvalue weighted by atomic mass is 16.8. The fourth-order valence-corrected chi connectivity index (χ4v) is 2.51. The predicted octanol–water partition coefficient (Wildman–Crippen LogP) is 1.08. The first kappa shape index (κ1) is 14.5. The molecule has 0 amide bonds. The van der Waals surface area contributed by atoms with Crippen molar-refractivity contribution in [2.45, 2.75) is 44.2 Å². The van der Waals surface area contributed by atoms with E-state index in [4.69, 9.17) is 18.9 Å². The number of aliphatic hydroxyl groups is 1. The molecule has 1 N–H and O–H groups in total. The summed E-state index contributed by atoms with van der Waals surface area (Å²) in [5, 5.41) is 10.2. The molecule has 2 heterocycles. The molecule has 0 spiro atoms. The zero-order chi connectivity index (χ0) is 15.0. The van der Waals surface area contributed by atoms with E-state index in [1.165, 1.54) is 0 Å². The van der Waals surface area contributed by atoms with Gasteiger partial charge in [0, 0.05) is 0 Å². The lowest BCUT2D eigenvalue weighted by Crippen LogP contribution is -2.37. The summed E-state index contributed by atoms with van der Waals surface area (Å²) < 4.78 is 21.8. The maximum atomic E-state index is 11.8. The summed E-state index contributed by atoms with van der Waals surface area (Å²) in [5.41, 5.74) is 0.457. The number of fused-ring (bicyclic) bond motifs is 1. The lowest BCUT2D eigenvalue weighted by Gasteiger charge is -2.22. The van der Waals surface area contributed by atoms with Crippen LogP contribution in [0.2, 0.25) is 0 Å². The van der Waals surface area contributed by atoms with Gasteiger partial charge in [0.25, 0.3) is 0 Å². The fourth-order valence-electron chi connectivity index (χ4n) is 2.51. The molecule has 3 rings (SSSR count). The first-order chi connectivity index (χ1) is 9.96. The molecular weight excluding hydrogens is 276 g/mol. The first-order valence-corrected chi connectivity index (χ1v) is 6.88. The van der Waals surface area contributed by atoms with Crippen molar-refractivity contribution in [1.82, 2.24) is 0 Å². The molecular formula is C15H18O6. The van der Waals surface area contributed by atoms with Crippen LogP contribution in [0.5, 0.6) is 0 Å². The highest BCUT2D eigenvalue weighted by Gasteiger charge is 2.54. The van der Waals surface area contributed by atoms with Gasteiger partial charge in [-0.3, -0.25) is 0 Å². The normalized spacial score (nSPS) is 33.7. The molecule has 0 saturated carbocycles. The summed E-state index contributed by atoms with van der Waals surface area (Å²) in [7, 11) is 0. The highest BCUT2D eigenvalue weighted by Crippen LogP contribution is 2.37. The van der Waals surface area contributed by atoms with Gasteiger partial charge in [0.05, 0.1) is 5.56 Å². The molecule has 114 valence electrons. The second-order valence-corrected chi connectivity index (χ2v) is 5.60. The lowest BCUT2D eigenvalue weighted by molar-refractivity contribution is -0.218. The van der Waals surface area contributed by atoms with Crippen LogP contribution in [-0.4, -0.2) is 48.1 Å². The molecule has 21 heavy (non-hydrogen) atoms. The molecule has 4 atom stereocenters. The zero-order valence-corrected chi connectivity index (χ0v) is 11.9. The van der Waals surface area contributed by atoms with Crippen molar-refractivity contribution in [1.29, 1.82) is 0 Å². The summed E-state index contributed by atoms with van der Waals surface area (Å²) in [5.74, 6) is -1.23. The summed E-state index contributed by atoms with van der Waals surface area (Å²) in [6.07, 6.45) is -2.72. The number of benzene rings is 1. The Balaban J connectivity index is 1.55. The minimum absolute atomic E-state index is 0.0466. The number of rotatable bonds is 3. The van der Waals surface area contributed by atoms with E-state index in [1.54, 1.807) is 38.1 Å². The molecule has 2 aliphatic heterocycles. The average Bonchev–Trinajstić information content (AvgIpc) is 2.91. The average molecular weight is 294 g/mol. The molecule has 6 nitrogen and oxygen atoms in total. The largest absolute Gasteiger partial charge is 0.459 e. The van der Waals surface area contributed by atoms with Crippen molar-refractivity contribution < 1.29 is 28.8 Å². The van der Waals surface area contributed by atoms with Gasteiger partial charge in [0.2, 0.25) is 0 Å². The molecule has 1 aromatic carbocycles. The first-order valence-electron chi connectivity index (χ1n) is 6.88. The third kappa shape index (κ3) is 2.94. The zero-order valence-electron chi connectivity index (χ0n) is 11.9. The third-order valence-electron chi connectivity index (χ3n) is 3.50. The topological polar surface area (TPSA) is 74.2 Å². The van der Waals surface area contributed by atoms with E-state index in [2.05, 4.69) is 0 Å². The van der Waals surface area contributed by atoms with Crippen LogP contribution < -0.4 is 0 Å². The maximum absolute atomic E-state index is 11.8. The lowest BCUT2D eigenvalue weighted by atomic mass is 10.1. The second-order valence-electron chi connectivity index (χ2n) is 5.60. The Morgan fingerprint density at radius 1 is 1.29 bits per heavy atom. The van der Waals surface area contributed by atoms with E-state index in [0.717, 1.165) is 0 Å². The van der Waals surface area contributed by atoms with Crippen molar-refractivity contribution >= 4 is 5.97 Å². The monoisotopic (exact) mass is 294 g/mol.